The zero-order valence-corrected chi connectivity index (χ0v) is 7.28. The highest BCUT2D eigenvalue weighted by atomic mass is 19.3. The first-order chi connectivity index (χ1) is 5.52. The molecule has 0 aromatic carbocycles. The molecular formula is C8H14F3N. The van der Waals surface area contributed by atoms with Crippen molar-refractivity contribution in [3.63, 3.8) is 0 Å². The summed E-state index contributed by atoms with van der Waals surface area (Å²) in [5, 5.41) is 2.55. The van der Waals surface area contributed by atoms with E-state index in [2.05, 4.69) is 5.32 Å². The summed E-state index contributed by atoms with van der Waals surface area (Å²) in [5.74, 6) is -0.258. The van der Waals surface area contributed by atoms with Crippen LogP contribution in [0, 0.1) is 5.92 Å². The summed E-state index contributed by atoms with van der Waals surface area (Å²) in [5.41, 5.74) is -1.28. The highest BCUT2D eigenvalue weighted by Crippen LogP contribution is 2.40. The van der Waals surface area contributed by atoms with E-state index in [1.54, 1.807) is 6.92 Å². The second kappa shape index (κ2) is 3.24. The SMILES string of the molecule is CNC1(C(F)F)CC(C)C(F)C1. The molecule has 0 heterocycles. The molecule has 0 saturated heterocycles. The Bertz CT molecular complexity index is 150. The molecule has 0 radical (unpaired) electrons. The van der Waals surface area contributed by atoms with E-state index in [9.17, 15) is 13.2 Å². The largest absolute Gasteiger partial charge is 0.309 e. The van der Waals surface area contributed by atoms with Crippen LogP contribution in [0.15, 0.2) is 0 Å². The Balaban J connectivity index is 2.71. The molecule has 1 nitrogen and oxygen atoms in total. The second-order valence-corrected chi connectivity index (χ2v) is 3.61. The van der Waals surface area contributed by atoms with Crippen molar-refractivity contribution in [2.24, 2.45) is 5.92 Å². The molecule has 0 amide bonds. The number of nitrogens with one attached hydrogen (secondary N) is 1. The maximum absolute atomic E-state index is 13.0. The van der Waals surface area contributed by atoms with Gasteiger partial charge in [-0.1, -0.05) is 6.92 Å². The predicted molar refractivity (Wildman–Crippen MR) is 41.1 cm³/mol. The van der Waals surface area contributed by atoms with Crippen molar-refractivity contribution in [3.05, 3.63) is 0 Å². The average Bonchev–Trinajstić information content (AvgIpc) is 2.29. The number of hydrogen-bond donors (Lipinski definition) is 1. The van der Waals surface area contributed by atoms with E-state index < -0.39 is 18.1 Å². The third-order valence-corrected chi connectivity index (χ3v) is 2.78. The van der Waals surface area contributed by atoms with Gasteiger partial charge in [0, 0.05) is 6.42 Å². The fraction of sp³-hybridized carbons (Fsp3) is 1.00. The van der Waals surface area contributed by atoms with Crippen molar-refractivity contribution in [1.82, 2.24) is 5.32 Å². The van der Waals surface area contributed by atoms with Crippen LogP contribution in [0.25, 0.3) is 0 Å². The summed E-state index contributed by atoms with van der Waals surface area (Å²) in [7, 11) is 1.47. The molecule has 1 fully saturated rings. The molecule has 1 saturated carbocycles. The topological polar surface area (TPSA) is 12.0 Å². The maximum atomic E-state index is 13.0. The molecule has 1 N–H and O–H groups in total. The molecule has 0 bridgehead atoms. The van der Waals surface area contributed by atoms with Gasteiger partial charge >= 0.3 is 0 Å². The lowest BCUT2D eigenvalue weighted by Crippen LogP contribution is -2.47. The van der Waals surface area contributed by atoms with E-state index in [0.29, 0.717) is 0 Å². The molecule has 0 aliphatic heterocycles. The van der Waals surface area contributed by atoms with Crippen LogP contribution in [0.4, 0.5) is 13.2 Å². The fourth-order valence-corrected chi connectivity index (χ4v) is 1.83. The first-order valence-electron chi connectivity index (χ1n) is 4.13. The number of halogens is 3. The van der Waals surface area contributed by atoms with Gasteiger partial charge in [0.2, 0.25) is 0 Å². The highest BCUT2D eigenvalue weighted by molar-refractivity contribution is 5.00. The molecule has 12 heavy (non-hydrogen) atoms. The Morgan fingerprint density at radius 1 is 1.42 bits per heavy atom. The van der Waals surface area contributed by atoms with E-state index in [-0.39, 0.29) is 18.8 Å². The standard InChI is InChI=1S/C8H14F3N/c1-5-3-8(12-2,7(10)11)4-6(5)9/h5-7,12H,3-4H2,1-2H3. The lowest BCUT2D eigenvalue weighted by Gasteiger charge is -2.27. The molecule has 0 spiro atoms. The van der Waals surface area contributed by atoms with Crippen LogP contribution in [0.2, 0.25) is 0 Å². The van der Waals surface area contributed by atoms with E-state index in [1.165, 1.54) is 7.05 Å². The molecular weight excluding hydrogens is 167 g/mol. The Labute approximate surface area is 70.3 Å². The van der Waals surface area contributed by atoms with E-state index in [1.807, 2.05) is 0 Å². The van der Waals surface area contributed by atoms with Crippen LogP contribution in [0.1, 0.15) is 19.8 Å². The van der Waals surface area contributed by atoms with Gasteiger partial charge in [0.1, 0.15) is 6.17 Å². The monoisotopic (exact) mass is 181 g/mol. The Hall–Kier alpha value is -0.250. The molecule has 4 heteroatoms. The van der Waals surface area contributed by atoms with Crippen molar-refractivity contribution < 1.29 is 13.2 Å². The molecule has 3 atom stereocenters. The van der Waals surface area contributed by atoms with Crippen molar-refractivity contribution in [1.29, 1.82) is 0 Å². The number of rotatable bonds is 2. The molecule has 1 aliphatic rings. The molecule has 3 unspecified atom stereocenters. The summed E-state index contributed by atoms with van der Waals surface area (Å²) in [6.45, 7) is 1.67. The lowest BCUT2D eigenvalue weighted by molar-refractivity contribution is 0.0334. The van der Waals surface area contributed by atoms with Crippen molar-refractivity contribution in [2.75, 3.05) is 7.05 Å². The van der Waals surface area contributed by atoms with Gasteiger partial charge in [0.05, 0.1) is 5.54 Å². The number of hydrogen-bond acceptors (Lipinski definition) is 1. The fourth-order valence-electron chi connectivity index (χ4n) is 1.83. The van der Waals surface area contributed by atoms with Crippen molar-refractivity contribution in [2.45, 2.75) is 37.9 Å². The Morgan fingerprint density at radius 2 is 2.00 bits per heavy atom. The van der Waals surface area contributed by atoms with Gasteiger partial charge in [0.25, 0.3) is 6.43 Å². The van der Waals surface area contributed by atoms with Gasteiger partial charge in [-0.15, -0.1) is 0 Å². The third kappa shape index (κ3) is 1.44. The Morgan fingerprint density at radius 3 is 2.17 bits per heavy atom. The molecule has 72 valence electrons. The van der Waals surface area contributed by atoms with Crippen LogP contribution in [0.3, 0.4) is 0 Å². The van der Waals surface area contributed by atoms with Crippen molar-refractivity contribution in [3.8, 4) is 0 Å². The van der Waals surface area contributed by atoms with E-state index in [0.717, 1.165) is 0 Å². The average molecular weight is 181 g/mol. The van der Waals surface area contributed by atoms with Crippen LogP contribution in [0.5, 0.6) is 0 Å². The van der Waals surface area contributed by atoms with Crippen LogP contribution >= 0.6 is 0 Å². The molecule has 1 aliphatic carbocycles. The van der Waals surface area contributed by atoms with Crippen LogP contribution < -0.4 is 5.32 Å². The van der Waals surface area contributed by atoms with Crippen LogP contribution in [-0.2, 0) is 0 Å². The van der Waals surface area contributed by atoms with Crippen LogP contribution in [-0.4, -0.2) is 25.2 Å². The first kappa shape index (κ1) is 9.84. The summed E-state index contributed by atoms with van der Waals surface area (Å²) in [6, 6.07) is 0. The van der Waals surface area contributed by atoms with Gasteiger partial charge in [-0.2, -0.15) is 0 Å². The van der Waals surface area contributed by atoms with Crippen molar-refractivity contribution >= 4 is 0 Å². The smallest absolute Gasteiger partial charge is 0.256 e. The van der Waals surface area contributed by atoms with Gasteiger partial charge in [0.15, 0.2) is 0 Å². The summed E-state index contributed by atoms with van der Waals surface area (Å²) >= 11 is 0. The molecule has 1 rings (SSSR count). The quantitative estimate of drug-likeness (QED) is 0.686. The highest BCUT2D eigenvalue weighted by Gasteiger charge is 2.48. The van der Waals surface area contributed by atoms with E-state index >= 15 is 0 Å². The minimum absolute atomic E-state index is 0.0671. The zero-order valence-electron chi connectivity index (χ0n) is 7.28. The minimum Gasteiger partial charge on any atom is -0.309 e. The summed E-state index contributed by atoms with van der Waals surface area (Å²) < 4.78 is 38.0. The normalized spacial score (nSPS) is 42.5. The molecule has 0 aromatic heterocycles. The third-order valence-electron chi connectivity index (χ3n) is 2.78. The van der Waals surface area contributed by atoms with E-state index in [4.69, 9.17) is 0 Å². The number of alkyl halides is 3. The summed E-state index contributed by atoms with van der Waals surface area (Å²) in [6.07, 6.45) is -3.41. The minimum atomic E-state index is -2.48. The second-order valence-electron chi connectivity index (χ2n) is 3.61. The Kier molecular flexibility index (Phi) is 2.66. The molecule has 0 aromatic rings. The van der Waals surface area contributed by atoms with Gasteiger partial charge in [-0.25, -0.2) is 13.2 Å². The maximum Gasteiger partial charge on any atom is 0.256 e. The van der Waals surface area contributed by atoms with Gasteiger partial charge in [-0.3, -0.25) is 0 Å². The summed E-state index contributed by atoms with van der Waals surface area (Å²) in [4.78, 5) is 0. The first-order valence-corrected chi connectivity index (χ1v) is 4.13. The predicted octanol–water partition coefficient (Wildman–Crippen LogP) is 1.98. The van der Waals surface area contributed by atoms with Gasteiger partial charge < -0.3 is 5.32 Å². The zero-order chi connectivity index (χ0) is 9.35. The lowest BCUT2D eigenvalue weighted by atomic mass is 9.97. The van der Waals surface area contributed by atoms with Gasteiger partial charge in [-0.05, 0) is 19.4 Å².